The lowest BCUT2D eigenvalue weighted by molar-refractivity contribution is -0.133. The molecule has 1 aromatic rings. The Balaban J connectivity index is 1.64. The Morgan fingerprint density at radius 1 is 1.40 bits per heavy atom. The molecular weight excluding hydrogens is 254 g/mol. The summed E-state index contributed by atoms with van der Waals surface area (Å²) in [5.41, 5.74) is 1.17. The fourth-order valence-corrected chi connectivity index (χ4v) is 2.39. The lowest BCUT2D eigenvalue weighted by atomic mass is 10.1. The van der Waals surface area contributed by atoms with E-state index in [2.05, 4.69) is 0 Å². The maximum absolute atomic E-state index is 12.0. The molecule has 1 aliphatic heterocycles. The second-order valence-corrected chi connectivity index (χ2v) is 5.38. The Hall–Kier alpha value is -1.55. The molecule has 0 saturated carbocycles. The van der Waals surface area contributed by atoms with Crippen LogP contribution in [0.15, 0.2) is 24.3 Å². The number of carbonyl (C=O) groups is 1. The number of piperidine rings is 1. The summed E-state index contributed by atoms with van der Waals surface area (Å²) in [6, 6.07) is 7.92. The van der Waals surface area contributed by atoms with Gasteiger partial charge in [0, 0.05) is 19.5 Å². The van der Waals surface area contributed by atoms with Crippen LogP contribution in [0, 0.1) is 6.92 Å². The molecule has 0 unspecified atom stereocenters. The quantitative estimate of drug-likeness (QED) is 0.839. The number of nitrogens with zero attached hydrogens (tertiary/aromatic N) is 1. The molecule has 1 heterocycles. The zero-order valence-corrected chi connectivity index (χ0v) is 12.0. The number of amides is 1. The lowest BCUT2D eigenvalue weighted by Crippen LogP contribution is -2.40. The fraction of sp³-hybridized carbons (Fsp3) is 0.562. The topological polar surface area (TPSA) is 49.8 Å². The highest BCUT2D eigenvalue weighted by atomic mass is 16.5. The van der Waals surface area contributed by atoms with Gasteiger partial charge in [-0.25, -0.2) is 0 Å². The van der Waals surface area contributed by atoms with E-state index < -0.39 is 0 Å². The summed E-state index contributed by atoms with van der Waals surface area (Å²) in [4.78, 5) is 13.8. The van der Waals surface area contributed by atoms with E-state index in [4.69, 9.17) is 4.74 Å². The average Bonchev–Trinajstić information content (AvgIpc) is 2.44. The van der Waals surface area contributed by atoms with Gasteiger partial charge in [0.2, 0.25) is 5.91 Å². The van der Waals surface area contributed by atoms with Gasteiger partial charge in [-0.15, -0.1) is 0 Å². The number of hydrogen-bond acceptors (Lipinski definition) is 3. The molecule has 0 aromatic heterocycles. The van der Waals surface area contributed by atoms with Crippen LogP contribution in [0.2, 0.25) is 0 Å². The number of ether oxygens (including phenoxy) is 1. The van der Waals surface area contributed by atoms with Crippen molar-refractivity contribution in [3.8, 4) is 5.75 Å². The third-order valence-corrected chi connectivity index (χ3v) is 3.61. The highest BCUT2D eigenvalue weighted by Gasteiger charge is 2.20. The third-order valence-electron chi connectivity index (χ3n) is 3.61. The van der Waals surface area contributed by atoms with Crippen LogP contribution in [0.1, 0.15) is 31.2 Å². The second kappa shape index (κ2) is 7.29. The number of hydrogen-bond donors (Lipinski definition) is 1. The van der Waals surface area contributed by atoms with Crippen LogP contribution in [0.25, 0.3) is 0 Å². The van der Waals surface area contributed by atoms with Crippen molar-refractivity contribution >= 4 is 5.91 Å². The van der Waals surface area contributed by atoms with E-state index in [-0.39, 0.29) is 12.0 Å². The summed E-state index contributed by atoms with van der Waals surface area (Å²) in [5.74, 6) is 1.03. The summed E-state index contributed by atoms with van der Waals surface area (Å²) in [5, 5.41) is 9.41. The number of aliphatic hydroxyl groups is 1. The van der Waals surface area contributed by atoms with Crippen molar-refractivity contribution in [3.05, 3.63) is 29.8 Å². The predicted molar refractivity (Wildman–Crippen MR) is 77.7 cm³/mol. The average molecular weight is 277 g/mol. The van der Waals surface area contributed by atoms with E-state index in [1.165, 1.54) is 5.56 Å². The second-order valence-electron chi connectivity index (χ2n) is 5.38. The SMILES string of the molecule is Cc1cccc(OCCCC(=O)N2CCC(O)CC2)c1. The molecule has 1 amide bonds. The molecular formula is C16H23NO3. The molecule has 4 heteroatoms. The van der Waals surface area contributed by atoms with Crippen molar-refractivity contribution in [1.82, 2.24) is 4.90 Å². The molecule has 110 valence electrons. The molecule has 0 aliphatic carbocycles. The van der Waals surface area contributed by atoms with Crippen LogP contribution in [0.5, 0.6) is 5.75 Å². The largest absolute Gasteiger partial charge is 0.494 e. The van der Waals surface area contributed by atoms with E-state index in [0.717, 1.165) is 12.2 Å². The van der Waals surface area contributed by atoms with Crippen LogP contribution in [0.4, 0.5) is 0 Å². The molecule has 0 bridgehead atoms. The van der Waals surface area contributed by atoms with E-state index in [1.807, 2.05) is 36.1 Å². The van der Waals surface area contributed by atoms with Crippen molar-refractivity contribution in [1.29, 1.82) is 0 Å². The highest BCUT2D eigenvalue weighted by molar-refractivity contribution is 5.76. The zero-order valence-electron chi connectivity index (χ0n) is 12.0. The Morgan fingerprint density at radius 2 is 2.15 bits per heavy atom. The monoisotopic (exact) mass is 277 g/mol. The number of aryl methyl sites for hydroxylation is 1. The maximum atomic E-state index is 12.0. The molecule has 20 heavy (non-hydrogen) atoms. The Bertz CT molecular complexity index is 439. The molecule has 1 aromatic carbocycles. The highest BCUT2D eigenvalue weighted by Crippen LogP contribution is 2.14. The van der Waals surface area contributed by atoms with Crippen molar-refractivity contribution in [2.75, 3.05) is 19.7 Å². The first-order valence-corrected chi connectivity index (χ1v) is 7.30. The van der Waals surface area contributed by atoms with Crippen LogP contribution in [-0.2, 0) is 4.79 Å². The number of rotatable bonds is 5. The molecule has 1 saturated heterocycles. The summed E-state index contributed by atoms with van der Waals surface area (Å²) in [6.07, 6.45) is 2.41. The van der Waals surface area contributed by atoms with Crippen molar-refractivity contribution in [2.24, 2.45) is 0 Å². The predicted octanol–water partition coefficient (Wildman–Crippen LogP) is 2.14. The van der Waals surface area contributed by atoms with E-state index >= 15 is 0 Å². The number of carbonyl (C=O) groups excluding carboxylic acids is 1. The van der Waals surface area contributed by atoms with Crippen LogP contribution >= 0.6 is 0 Å². The van der Waals surface area contributed by atoms with Crippen molar-refractivity contribution in [2.45, 2.75) is 38.7 Å². The normalized spacial score (nSPS) is 16.2. The van der Waals surface area contributed by atoms with Gasteiger partial charge in [-0.1, -0.05) is 12.1 Å². The van der Waals surface area contributed by atoms with Crippen molar-refractivity contribution in [3.63, 3.8) is 0 Å². The molecule has 1 fully saturated rings. The third kappa shape index (κ3) is 4.53. The summed E-state index contributed by atoms with van der Waals surface area (Å²) in [6.45, 7) is 3.95. The molecule has 1 N–H and O–H groups in total. The minimum absolute atomic E-state index is 0.171. The summed E-state index contributed by atoms with van der Waals surface area (Å²) >= 11 is 0. The van der Waals surface area contributed by atoms with Gasteiger partial charge in [-0.2, -0.15) is 0 Å². The number of likely N-dealkylation sites (tertiary alicyclic amines) is 1. The molecule has 0 atom stereocenters. The first-order valence-electron chi connectivity index (χ1n) is 7.30. The maximum Gasteiger partial charge on any atom is 0.222 e. The van der Waals surface area contributed by atoms with Crippen LogP contribution in [0.3, 0.4) is 0 Å². The fourth-order valence-electron chi connectivity index (χ4n) is 2.39. The standard InChI is InChI=1S/C16H23NO3/c1-13-4-2-5-15(12-13)20-11-3-6-16(19)17-9-7-14(18)8-10-17/h2,4-5,12,14,18H,3,6-11H2,1H3. The summed E-state index contributed by atoms with van der Waals surface area (Å²) in [7, 11) is 0. The van der Waals surface area contributed by atoms with Crippen molar-refractivity contribution < 1.29 is 14.6 Å². The first-order chi connectivity index (χ1) is 9.65. The number of benzene rings is 1. The first kappa shape index (κ1) is 14.9. The van der Waals surface area contributed by atoms with Gasteiger partial charge < -0.3 is 14.7 Å². The van der Waals surface area contributed by atoms with Gasteiger partial charge in [0.1, 0.15) is 5.75 Å². The van der Waals surface area contributed by atoms with Gasteiger partial charge in [0.05, 0.1) is 12.7 Å². The molecule has 2 rings (SSSR count). The molecule has 0 radical (unpaired) electrons. The minimum atomic E-state index is -0.233. The van der Waals surface area contributed by atoms with E-state index in [0.29, 0.717) is 39.0 Å². The van der Waals surface area contributed by atoms with Gasteiger partial charge in [-0.05, 0) is 43.9 Å². The number of aliphatic hydroxyl groups excluding tert-OH is 1. The van der Waals surface area contributed by atoms with Gasteiger partial charge in [-0.3, -0.25) is 4.79 Å². The van der Waals surface area contributed by atoms with Crippen LogP contribution in [-0.4, -0.2) is 41.7 Å². The molecule has 4 nitrogen and oxygen atoms in total. The van der Waals surface area contributed by atoms with Gasteiger partial charge >= 0.3 is 0 Å². The van der Waals surface area contributed by atoms with Gasteiger partial charge in [0.25, 0.3) is 0 Å². The lowest BCUT2D eigenvalue weighted by Gasteiger charge is -2.29. The minimum Gasteiger partial charge on any atom is -0.494 e. The smallest absolute Gasteiger partial charge is 0.222 e. The Morgan fingerprint density at radius 3 is 2.85 bits per heavy atom. The molecule has 0 spiro atoms. The van der Waals surface area contributed by atoms with Gasteiger partial charge in [0.15, 0.2) is 0 Å². The molecule has 1 aliphatic rings. The van der Waals surface area contributed by atoms with E-state index in [1.54, 1.807) is 0 Å². The van der Waals surface area contributed by atoms with Crippen LogP contribution < -0.4 is 4.74 Å². The Labute approximate surface area is 120 Å². The zero-order chi connectivity index (χ0) is 14.4. The Kier molecular flexibility index (Phi) is 5.41. The van der Waals surface area contributed by atoms with E-state index in [9.17, 15) is 9.90 Å². The summed E-state index contributed by atoms with van der Waals surface area (Å²) < 4.78 is 5.63.